The topological polar surface area (TPSA) is 53.8 Å². The maximum atomic E-state index is 12.8. The van der Waals surface area contributed by atoms with Crippen molar-refractivity contribution < 1.29 is 9.53 Å². The Morgan fingerprint density at radius 3 is 2.82 bits per heavy atom. The summed E-state index contributed by atoms with van der Waals surface area (Å²) in [7, 11) is 0. The highest BCUT2D eigenvalue weighted by Crippen LogP contribution is 2.13. The minimum absolute atomic E-state index is 0.0864. The van der Waals surface area contributed by atoms with E-state index < -0.39 is 0 Å². The van der Waals surface area contributed by atoms with Crippen molar-refractivity contribution in [3.8, 4) is 0 Å². The van der Waals surface area contributed by atoms with Crippen molar-refractivity contribution >= 4 is 17.2 Å². The van der Waals surface area contributed by atoms with E-state index >= 15 is 0 Å². The molecule has 1 atom stereocenters. The van der Waals surface area contributed by atoms with Gasteiger partial charge in [0.2, 0.25) is 5.91 Å². The van der Waals surface area contributed by atoms with Crippen molar-refractivity contribution in [2.24, 2.45) is 0 Å². The van der Waals surface area contributed by atoms with Gasteiger partial charge >= 0.3 is 0 Å². The first kappa shape index (κ1) is 19.6. The van der Waals surface area contributed by atoms with Crippen LogP contribution >= 0.6 is 11.3 Å². The summed E-state index contributed by atoms with van der Waals surface area (Å²) in [6.07, 6.45) is 3.98. The van der Waals surface area contributed by atoms with Gasteiger partial charge in [-0.15, -0.1) is 0 Å². The van der Waals surface area contributed by atoms with Crippen LogP contribution in [0.25, 0.3) is 0 Å². The van der Waals surface area contributed by atoms with E-state index in [0.717, 1.165) is 57.9 Å². The number of thiophene rings is 1. The Balaban J connectivity index is 1.21. The molecule has 2 aromatic rings. The van der Waals surface area contributed by atoms with Gasteiger partial charge in [-0.05, 0) is 34.9 Å². The molecule has 0 aromatic carbocycles. The van der Waals surface area contributed by atoms with E-state index in [1.54, 1.807) is 11.3 Å². The van der Waals surface area contributed by atoms with Gasteiger partial charge in [0.15, 0.2) is 0 Å². The summed E-state index contributed by atoms with van der Waals surface area (Å²) in [6.45, 7) is 10.1. The monoisotopic (exact) mass is 403 g/mol. The number of carbonyl (C=O) groups is 1. The first-order valence-electron chi connectivity index (χ1n) is 10.00. The predicted molar refractivity (Wildman–Crippen MR) is 109 cm³/mol. The zero-order valence-electron chi connectivity index (χ0n) is 16.5. The molecule has 1 unspecified atom stereocenters. The van der Waals surface area contributed by atoms with Crippen molar-refractivity contribution in [1.29, 1.82) is 0 Å². The summed E-state index contributed by atoms with van der Waals surface area (Å²) >= 11 is 1.74. The molecular formula is C20H29N5O2S. The molecule has 7 nitrogen and oxygen atoms in total. The average molecular weight is 404 g/mol. The Bertz CT molecular complexity index is 754. The summed E-state index contributed by atoms with van der Waals surface area (Å²) in [5.74, 6) is 0.241. The summed E-state index contributed by atoms with van der Waals surface area (Å²) in [5.41, 5.74) is 2.53. The molecule has 0 bridgehead atoms. The van der Waals surface area contributed by atoms with Crippen molar-refractivity contribution in [2.75, 3.05) is 52.4 Å². The first-order valence-corrected chi connectivity index (χ1v) is 10.9. The number of amides is 1. The quantitative estimate of drug-likeness (QED) is 0.728. The lowest BCUT2D eigenvalue weighted by Crippen LogP contribution is -2.53. The van der Waals surface area contributed by atoms with Gasteiger partial charge in [0.05, 0.1) is 32.0 Å². The molecule has 0 saturated carbocycles. The normalized spacial score (nSPS) is 21.9. The highest BCUT2D eigenvalue weighted by atomic mass is 32.1. The average Bonchev–Trinajstić information content (AvgIpc) is 3.34. The van der Waals surface area contributed by atoms with Crippen LogP contribution in [-0.4, -0.2) is 88.9 Å². The lowest BCUT2D eigenvalue weighted by atomic mass is 10.2. The third-order valence-electron chi connectivity index (χ3n) is 5.45. The Morgan fingerprint density at radius 2 is 2.11 bits per heavy atom. The molecule has 0 N–H and O–H groups in total. The van der Waals surface area contributed by atoms with Crippen LogP contribution in [0.15, 0.2) is 29.2 Å². The predicted octanol–water partition coefficient (Wildman–Crippen LogP) is 1.30. The van der Waals surface area contributed by atoms with Crippen LogP contribution in [-0.2, 0) is 22.6 Å². The fourth-order valence-corrected chi connectivity index (χ4v) is 4.56. The first-order chi connectivity index (χ1) is 13.7. The molecule has 8 heteroatoms. The number of ether oxygens (including phenoxy) is 1. The molecule has 1 amide bonds. The number of hydrogen-bond donors (Lipinski definition) is 0. The second-order valence-electron chi connectivity index (χ2n) is 7.76. The van der Waals surface area contributed by atoms with Gasteiger partial charge in [-0.1, -0.05) is 0 Å². The molecule has 2 aliphatic rings. The summed E-state index contributed by atoms with van der Waals surface area (Å²) in [5, 5.41) is 8.67. The number of rotatable bonds is 6. The summed E-state index contributed by atoms with van der Waals surface area (Å²) in [4.78, 5) is 19.4. The highest BCUT2D eigenvalue weighted by molar-refractivity contribution is 7.07. The third-order valence-corrected chi connectivity index (χ3v) is 6.18. The van der Waals surface area contributed by atoms with Crippen LogP contribution in [0, 0.1) is 6.92 Å². The molecular weight excluding hydrogens is 374 g/mol. The van der Waals surface area contributed by atoms with Gasteiger partial charge < -0.3 is 9.64 Å². The van der Waals surface area contributed by atoms with Crippen LogP contribution in [0.1, 0.15) is 11.1 Å². The summed E-state index contributed by atoms with van der Waals surface area (Å²) in [6, 6.07) is 2.18. The molecule has 2 aromatic heterocycles. The number of aromatic nitrogens is 2. The van der Waals surface area contributed by atoms with E-state index in [-0.39, 0.29) is 12.0 Å². The van der Waals surface area contributed by atoms with E-state index in [2.05, 4.69) is 31.7 Å². The van der Waals surface area contributed by atoms with Crippen molar-refractivity contribution in [3.63, 3.8) is 0 Å². The second-order valence-corrected chi connectivity index (χ2v) is 8.54. The molecule has 2 aliphatic heterocycles. The van der Waals surface area contributed by atoms with Crippen LogP contribution in [0.2, 0.25) is 0 Å². The molecule has 4 rings (SSSR count). The van der Waals surface area contributed by atoms with Gasteiger partial charge in [0.1, 0.15) is 0 Å². The molecule has 152 valence electrons. The van der Waals surface area contributed by atoms with Crippen molar-refractivity contribution in [1.82, 2.24) is 24.5 Å². The Labute approximate surface area is 170 Å². The molecule has 0 radical (unpaired) electrons. The van der Waals surface area contributed by atoms with E-state index in [1.165, 1.54) is 5.56 Å². The van der Waals surface area contributed by atoms with Crippen molar-refractivity contribution in [3.05, 3.63) is 40.3 Å². The SMILES string of the molecule is Cc1cnn(CC2CN(CC(=O)N3CCN(Cc4ccsc4)CC3)CCO2)c1. The van der Waals surface area contributed by atoms with Crippen molar-refractivity contribution in [2.45, 2.75) is 26.1 Å². The molecule has 0 spiro atoms. The van der Waals surface area contributed by atoms with Crippen LogP contribution in [0.3, 0.4) is 0 Å². The molecule has 4 heterocycles. The third kappa shape index (κ3) is 5.20. The van der Waals surface area contributed by atoms with Gasteiger partial charge in [0.25, 0.3) is 0 Å². The van der Waals surface area contributed by atoms with Crippen LogP contribution < -0.4 is 0 Å². The lowest BCUT2D eigenvalue weighted by Gasteiger charge is -2.37. The van der Waals surface area contributed by atoms with E-state index in [1.807, 2.05) is 28.9 Å². The van der Waals surface area contributed by atoms with E-state index in [0.29, 0.717) is 13.2 Å². The number of morpholine rings is 1. The zero-order valence-corrected chi connectivity index (χ0v) is 17.3. The van der Waals surface area contributed by atoms with E-state index in [4.69, 9.17) is 4.74 Å². The lowest BCUT2D eigenvalue weighted by molar-refractivity contribution is -0.136. The smallest absolute Gasteiger partial charge is 0.236 e. The Hall–Kier alpha value is -1.74. The minimum Gasteiger partial charge on any atom is -0.374 e. The maximum absolute atomic E-state index is 12.8. The van der Waals surface area contributed by atoms with Gasteiger partial charge in [-0.2, -0.15) is 16.4 Å². The van der Waals surface area contributed by atoms with Gasteiger partial charge in [-0.25, -0.2) is 0 Å². The largest absolute Gasteiger partial charge is 0.374 e. The van der Waals surface area contributed by atoms with Gasteiger partial charge in [0, 0.05) is 52.0 Å². The Kier molecular flexibility index (Phi) is 6.41. The zero-order chi connectivity index (χ0) is 19.3. The number of aryl methyl sites for hydroxylation is 1. The maximum Gasteiger partial charge on any atom is 0.236 e. The fourth-order valence-electron chi connectivity index (χ4n) is 3.90. The number of piperazine rings is 1. The Morgan fingerprint density at radius 1 is 1.25 bits per heavy atom. The summed E-state index contributed by atoms with van der Waals surface area (Å²) < 4.78 is 7.81. The van der Waals surface area contributed by atoms with E-state index in [9.17, 15) is 4.79 Å². The van der Waals surface area contributed by atoms with Crippen LogP contribution in [0.5, 0.6) is 0 Å². The standard InChI is InChI=1S/C20H29N5O2S/c1-17-10-21-25(11-17)14-19-13-23(7-8-27-19)15-20(26)24-5-3-22(4-6-24)12-18-2-9-28-16-18/h2,9-11,16,19H,3-8,12-15H2,1H3. The number of hydrogen-bond acceptors (Lipinski definition) is 6. The van der Waals surface area contributed by atoms with Gasteiger partial charge in [-0.3, -0.25) is 19.3 Å². The minimum atomic E-state index is 0.0864. The second kappa shape index (κ2) is 9.17. The molecule has 2 fully saturated rings. The molecule has 2 saturated heterocycles. The molecule has 0 aliphatic carbocycles. The number of nitrogens with zero attached hydrogens (tertiary/aromatic N) is 5. The highest BCUT2D eigenvalue weighted by Gasteiger charge is 2.26. The fraction of sp³-hybridized carbons (Fsp3) is 0.600. The molecule has 28 heavy (non-hydrogen) atoms. The van der Waals surface area contributed by atoms with Crippen LogP contribution in [0.4, 0.5) is 0 Å². The number of carbonyl (C=O) groups excluding carboxylic acids is 1.